The van der Waals surface area contributed by atoms with E-state index in [1.54, 1.807) is 0 Å². The summed E-state index contributed by atoms with van der Waals surface area (Å²) >= 11 is 0. The maximum atomic E-state index is 11.8. The molecule has 19 heavy (non-hydrogen) atoms. The van der Waals surface area contributed by atoms with Crippen LogP contribution in [0.5, 0.6) is 0 Å². The monoisotopic (exact) mass is 262 g/mol. The lowest BCUT2D eigenvalue weighted by Gasteiger charge is -2.18. The lowest BCUT2D eigenvalue weighted by Crippen LogP contribution is -2.21. The van der Waals surface area contributed by atoms with E-state index in [0.29, 0.717) is 24.0 Å². The summed E-state index contributed by atoms with van der Waals surface area (Å²) in [7, 11) is 0. The predicted molar refractivity (Wildman–Crippen MR) is 70.8 cm³/mol. The molecule has 1 aromatic heterocycles. The van der Waals surface area contributed by atoms with Crippen LogP contribution in [0.4, 0.5) is 0 Å². The average molecular weight is 262 g/mol. The summed E-state index contributed by atoms with van der Waals surface area (Å²) in [5, 5.41) is 4.13. The number of Topliss-reactive ketones (excluding diaryl/α,β-unsaturated/α-hetero) is 1. The molecule has 104 valence electrons. The van der Waals surface area contributed by atoms with Crippen molar-refractivity contribution in [3.63, 3.8) is 0 Å². The molecule has 3 rings (SSSR count). The summed E-state index contributed by atoms with van der Waals surface area (Å²) in [6.45, 7) is 0. The Kier molecular flexibility index (Phi) is 3.95. The molecule has 1 heterocycles. The first kappa shape index (κ1) is 12.8. The third-order valence-corrected chi connectivity index (χ3v) is 4.56. The molecule has 4 nitrogen and oxygen atoms in total. The molecule has 2 fully saturated rings. The SMILES string of the molecule is O=C1CCCCC1Cc1nc(C2CCCCC2)no1. The molecular weight excluding hydrogens is 240 g/mol. The standard InChI is InChI=1S/C15H22N2O2/c18-13-9-5-4-8-12(13)10-14-16-15(17-19-14)11-6-2-1-3-7-11/h11-12H,1-10H2. The fourth-order valence-electron chi connectivity index (χ4n) is 3.36. The minimum atomic E-state index is 0.119. The lowest BCUT2D eigenvalue weighted by molar-refractivity contribution is -0.124. The molecule has 0 aromatic carbocycles. The van der Waals surface area contributed by atoms with Gasteiger partial charge in [0.2, 0.25) is 5.89 Å². The molecule has 2 aliphatic carbocycles. The number of carbonyl (C=O) groups is 1. The third-order valence-electron chi connectivity index (χ3n) is 4.56. The Morgan fingerprint density at radius 3 is 2.63 bits per heavy atom. The topological polar surface area (TPSA) is 56.0 Å². The maximum Gasteiger partial charge on any atom is 0.227 e. The normalized spacial score (nSPS) is 25.7. The van der Waals surface area contributed by atoms with E-state index in [-0.39, 0.29) is 5.92 Å². The van der Waals surface area contributed by atoms with E-state index in [2.05, 4.69) is 10.1 Å². The summed E-state index contributed by atoms with van der Waals surface area (Å²) < 4.78 is 5.36. The van der Waals surface area contributed by atoms with Crippen molar-refractivity contribution in [3.8, 4) is 0 Å². The minimum absolute atomic E-state index is 0.119. The van der Waals surface area contributed by atoms with Gasteiger partial charge in [-0.25, -0.2) is 0 Å². The number of hydrogen-bond donors (Lipinski definition) is 0. The largest absolute Gasteiger partial charge is 0.339 e. The second-order valence-corrected chi connectivity index (χ2v) is 5.99. The molecule has 0 amide bonds. The zero-order valence-electron chi connectivity index (χ0n) is 11.4. The maximum absolute atomic E-state index is 11.8. The van der Waals surface area contributed by atoms with Gasteiger partial charge < -0.3 is 4.52 Å². The lowest BCUT2D eigenvalue weighted by atomic mass is 9.86. The molecule has 1 unspecified atom stereocenters. The van der Waals surface area contributed by atoms with Gasteiger partial charge in [-0.1, -0.05) is 30.8 Å². The highest BCUT2D eigenvalue weighted by molar-refractivity contribution is 5.81. The highest BCUT2D eigenvalue weighted by atomic mass is 16.5. The van der Waals surface area contributed by atoms with E-state index >= 15 is 0 Å². The van der Waals surface area contributed by atoms with E-state index in [0.717, 1.165) is 31.5 Å². The van der Waals surface area contributed by atoms with Gasteiger partial charge in [-0.15, -0.1) is 0 Å². The van der Waals surface area contributed by atoms with Crippen LogP contribution in [0.15, 0.2) is 4.52 Å². The molecule has 0 saturated heterocycles. The van der Waals surface area contributed by atoms with Gasteiger partial charge in [0.1, 0.15) is 5.78 Å². The zero-order chi connectivity index (χ0) is 13.1. The van der Waals surface area contributed by atoms with Crippen LogP contribution < -0.4 is 0 Å². The van der Waals surface area contributed by atoms with Crippen LogP contribution in [0, 0.1) is 5.92 Å². The highest BCUT2D eigenvalue weighted by Gasteiger charge is 2.26. The number of hydrogen-bond acceptors (Lipinski definition) is 4. The van der Waals surface area contributed by atoms with Crippen LogP contribution >= 0.6 is 0 Å². The molecule has 0 N–H and O–H groups in total. The molecule has 0 radical (unpaired) electrons. The van der Waals surface area contributed by atoms with Gasteiger partial charge in [0.15, 0.2) is 5.82 Å². The second kappa shape index (κ2) is 5.85. The Labute approximate surface area is 114 Å². The van der Waals surface area contributed by atoms with E-state index in [9.17, 15) is 4.79 Å². The summed E-state index contributed by atoms with van der Waals surface area (Å²) in [4.78, 5) is 16.3. The minimum Gasteiger partial charge on any atom is -0.339 e. The van der Waals surface area contributed by atoms with Crippen molar-refractivity contribution in [1.29, 1.82) is 0 Å². The van der Waals surface area contributed by atoms with E-state index in [1.807, 2.05) is 0 Å². The van der Waals surface area contributed by atoms with Crippen molar-refractivity contribution in [2.75, 3.05) is 0 Å². The Bertz CT molecular complexity index is 435. The summed E-state index contributed by atoms with van der Waals surface area (Å²) in [5.41, 5.74) is 0. The Hall–Kier alpha value is -1.19. The zero-order valence-corrected chi connectivity index (χ0v) is 11.4. The van der Waals surface area contributed by atoms with Gasteiger partial charge in [0.05, 0.1) is 0 Å². The second-order valence-electron chi connectivity index (χ2n) is 5.99. The smallest absolute Gasteiger partial charge is 0.227 e. The Morgan fingerprint density at radius 1 is 1.05 bits per heavy atom. The van der Waals surface area contributed by atoms with Crippen LogP contribution in [0.25, 0.3) is 0 Å². The fourth-order valence-corrected chi connectivity index (χ4v) is 3.36. The van der Waals surface area contributed by atoms with Crippen molar-refractivity contribution in [1.82, 2.24) is 10.1 Å². The molecule has 0 spiro atoms. The molecular formula is C15H22N2O2. The van der Waals surface area contributed by atoms with Crippen LogP contribution in [-0.2, 0) is 11.2 Å². The van der Waals surface area contributed by atoms with Crippen LogP contribution in [0.1, 0.15) is 75.4 Å². The number of aromatic nitrogens is 2. The van der Waals surface area contributed by atoms with Crippen molar-refractivity contribution in [2.45, 2.75) is 70.1 Å². The summed E-state index contributed by atoms with van der Waals surface area (Å²) in [5.74, 6) is 2.52. The molecule has 1 atom stereocenters. The van der Waals surface area contributed by atoms with Crippen molar-refractivity contribution < 1.29 is 9.32 Å². The number of rotatable bonds is 3. The van der Waals surface area contributed by atoms with Gasteiger partial charge in [-0.05, 0) is 25.7 Å². The number of ketones is 1. The first-order valence-corrected chi connectivity index (χ1v) is 7.68. The van der Waals surface area contributed by atoms with Crippen molar-refractivity contribution in [2.24, 2.45) is 5.92 Å². The Balaban J connectivity index is 1.62. The summed E-state index contributed by atoms with van der Waals surface area (Å²) in [6.07, 6.45) is 10.8. The van der Waals surface area contributed by atoms with Gasteiger partial charge >= 0.3 is 0 Å². The van der Waals surface area contributed by atoms with Gasteiger partial charge in [0, 0.05) is 24.7 Å². The average Bonchev–Trinajstić information content (AvgIpc) is 2.91. The van der Waals surface area contributed by atoms with Gasteiger partial charge in [0.25, 0.3) is 0 Å². The first-order chi connectivity index (χ1) is 9.33. The summed E-state index contributed by atoms with van der Waals surface area (Å²) in [6, 6.07) is 0. The third kappa shape index (κ3) is 3.04. The van der Waals surface area contributed by atoms with Gasteiger partial charge in [-0.3, -0.25) is 4.79 Å². The number of nitrogens with zero attached hydrogens (tertiary/aromatic N) is 2. The fraction of sp³-hybridized carbons (Fsp3) is 0.800. The van der Waals surface area contributed by atoms with Crippen LogP contribution in [0.2, 0.25) is 0 Å². The quantitative estimate of drug-likeness (QED) is 0.837. The molecule has 0 aliphatic heterocycles. The molecule has 4 heteroatoms. The van der Waals surface area contributed by atoms with E-state index in [1.165, 1.54) is 32.1 Å². The van der Waals surface area contributed by atoms with Crippen molar-refractivity contribution >= 4 is 5.78 Å². The molecule has 2 saturated carbocycles. The predicted octanol–water partition coefficient (Wildman–Crippen LogP) is 3.42. The van der Waals surface area contributed by atoms with Crippen molar-refractivity contribution in [3.05, 3.63) is 11.7 Å². The number of carbonyl (C=O) groups excluding carboxylic acids is 1. The van der Waals surface area contributed by atoms with Crippen LogP contribution in [-0.4, -0.2) is 15.9 Å². The molecule has 0 bridgehead atoms. The molecule has 2 aliphatic rings. The Morgan fingerprint density at radius 2 is 1.84 bits per heavy atom. The van der Waals surface area contributed by atoms with E-state index in [4.69, 9.17) is 4.52 Å². The first-order valence-electron chi connectivity index (χ1n) is 7.68. The van der Waals surface area contributed by atoms with Gasteiger partial charge in [-0.2, -0.15) is 4.98 Å². The highest BCUT2D eigenvalue weighted by Crippen LogP contribution is 2.31. The van der Waals surface area contributed by atoms with E-state index < -0.39 is 0 Å². The van der Waals surface area contributed by atoms with Crippen LogP contribution in [0.3, 0.4) is 0 Å². The molecule has 1 aromatic rings.